The van der Waals surface area contributed by atoms with Crippen LogP contribution in [0, 0.1) is 13.8 Å². The minimum absolute atomic E-state index is 0.107. The average Bonchev–Trinajstić information content (AvgIpc) is 3.38. The molecule has 0 saturated carbocycles. The summed E-state index contributed by atoms with van der Waals surface area (Å²) in [4.78, 5) is 37.9. The standard InChI is InChI=1S/C21H26N6O3S/c1-13-5-6-14(2)16(9-13)27-17(10-15-11-18(28)23-20(30)22-15)24-25-21(27)31-12-19(29)26-7-3-4-8-26/h5-6,9,15H,3-4,7-8,10-12H2,1-2H3,(H2,22,23,28,30). The first kappa shape index (κ1) is 21.4. The second kappa shape index (κ2) is 9.09. The number of nitrogens with one attached hydrogen (secondary N) is 2. The molecule has 9 nitrogen and oxygen atoms in total. The third kappa shape index (κ3) is 4.90. The molecule has 0 spiro atoms. The number of carbonyl (C=O) groups is 3. The zero-order valence-corrected chi connectivity index (χ0v) is 18.5. The minimum Gasteiger partial charge on any atom is -0.342 e. The Labute approximate surface area is 185 Å². The van der Waals surface area contributed by atoms with Crippen molar-refractivity contribution in [2.75, 3.05) is 18.8 Å². The SMILES string of the molecule is Cc1ccc(C)c(-n2c(CC3CC(=O)NC(=O)N3)nnc2SCC(=O)N2CCCC2)c1. The molecule has 0 radical (unpaired) electrons. The van der Waals surface area contributed by atoms with E-state index in [0.29, 0.717) is 23.2 Å². The summed E-state index contributed by atoms with van der Waals surface area (Å²) in [5.74, 6) is 0.740. The number of aromatic nitrogens is 3. The monoisotopic (exact) mass is 442 g/mol. The molecule has 1 aromatic carbocycles. The van der Waals surface area contributed by atoms with E-state index >= 15 is 0 Å². The molecule has 2 aromatic rings. The number of amides is 4. The first-order chi connectivity index (χ1) is 14.9. The van der Waals surface area contributed by atoms with Crippen molar-refractivity contribution in [2.45, 2.75) is 50.7 Å². The Balaban J connectivity index is 1.61. The molecule has 1 atom stereocenters. The summed E-state index contributed by atoms with van der Waals surface area (Å²) in [6.07, 6.45) is 2.65. The van der Waals surface area contributed by atoms with E-state index < -0.39 is 6.03 Å². The lowest BCUT2D eigenvalue weighted by molar-refractivity contribution is -0.127. The van der Waals surface area contributed by atoms with Gasteiger partial charge in [0.05, 0.1) is 11.4 Å². The summed E-state index contributed by atoms with van der Waals surface area (Å²) in [5, 5.41) is 14.4. The Morgan fingerprint density at radius 2 is 1.97 bits per heavy atom. The van der Waals surface area contributed by atoms with Crippen molar-refractivity contribution in [3.63, 3.8) is 0 Å². The zero-order chi connectivity index (χ0) is 22.0. The van der Waals surface area contributed by atoms with E-state index in [1.165, 1.54) is 11.8 Å². The predicted octanol–water partition coefficient (Wildman–Crippen LogP) is 1.74. The second-order valence-electron chi connectivity index (χ2n) is 8.03. The summed E-state index contributed by atoms with van der Waals surface area (Å²) in [7, 11) is 0. The summed E-state index contributed by atoms with van der Waals surface area (Å²) >= 11 is 1.37. The van der Waals surface area contributed by atoms with Crippen molar-refractivity contribution in [1.82, 2.24) is 30.3 Å². The van der Waals surface area contributed by atoms with Crippen LogP contribution >= 0.6 is 11.8 Å². The summed E-state index contributed by atoms with van der Waals surface area (Å²) in [5.41, 5.74) is 3.07. The minimum atomic E-state index is -0.496. The molecular formula is C21H26N6O3S. The number of urea groups is 1. The molecule has 10 heteroatoms. The van der Waals surface area contributed by atoms with Crippen LogP contribution in [0.4, 0.5) is 4.79 Å². The third-order valence-corrected chi connectivity index (χ3v) is 6.45. The van der Waals surface area contributed by atoms with Gasteiger partial charge in [-0.2, -0.15) is 0 Å². The van der Waals surface area contributed by atoms with Crippen molar-refractivity contribution in [3.05, 3.63) is 35.2 Å². The highest BCUT2D eigenvalue weighted by atomic mass is 32.2. The van der Waals surface area contributed by atoms with E-state index in [4.69, 9.17) is 0 Å². The van der Waals surface area contributed by atoms with Crippen LogP contribution in [0.1, 0.15) is 36.2 Å². The van der Waals surface area contributed by atoms with Crippen molar-refractivity contribution in [1.29, 1.82) is 0 Å². The van der Waals surface area contributed by atoms with Gasteiger partial charge < -0.3 is 10.2 Å². The number of benzene rings is 1. The number of hydrogen-bond acceptors (Lipinski definition) is 6. The van der Waals surface area contributed by atoms with Gasteiger partial charge in [0.25, 0.3) is 0 Å². The van der Waals surface area contributed by atoms with Gasteiger partial charge in [-0.1, -0.05) is 23.9 Å². The molecule has 0 bridgehead atoms. The van der Waals surface area contributed by atoms with Gasteiger partial charge in [0.1, 0.15) is 5.82 Å². The number of carbonyl (C=O) groups excluding carboxylic acids is 3. The fourth-order valence-corrected chi connectivity index (χ4v) is 4.80. The summed E-state index contributed by atoms with van der Waals surface area (Å²) in [6.45, 7) is 5.66. The molecule has 2 fully saturated rings. The highest BCUT2D eigenvalue weighted by Crippen LogP contribution is 2.27. The van der Waals surface area contributed by atoms with E-state index in [0.717, 1.165) is 42.7 Å². The maximum absolute atomic E-state index is 12.5. The maximum Gasteiger partial charge on any atom is 0.321 e. The maximum atomic E-state index is 12.5. The van der Waals surface area contributed by atoms with E-state index in [2.05, 4.69) is 26.9 Å². The molecule has 2 N–H and O–H groups in total. The average molecular weight is 443 g/mol. The number of likely N-dealkylation sites (tertiary alicyclic amines) is 1. The van der Waals surface area contributed by atoms with Gasteiger partial charge >= 0.3 is 6.03 Å². The molecule has 0 aliphatic carbocycles. The van der Waals surface area contributed by atoms with E-state index in [-0.39, 0.29) is 24.3 Å². The van der Waals surface area contributed by atoms with Crippen LogP contribution in [0.15, 0.2) is 23.4 Å². The summed E-state index contributed by atoms with van der Waals surface area (Å²) < 4.78 is 1.95. The highest BCUT2D eigenvalue weighted by Gasteiger charge is 2.27. The number of hydrogen-bond donors (Lipinski definition) is 2. The number of nitrogens with zero attached hydrogens (tertiary/aromatic N) is 4. The largest absolute Gasteiger partial charge is 0.342 e. The van der Waals surface area contributed by atoms with Gasteiger partial charge in [-0.15, -0.1) is 10.2 Å². The Bertz CT molecular complexity index is 999. The van der Waals surface area contributed by atoms with Gasteiger partial charge in [0, 0.05) is 32.0 Å². The molecule has 1 unspecified atom stereocenters. The molecule has 164 valence electrons. The molecule has 1 aromatic heterocycles. The van der Waals surface area contributed by atoms with Gasteiger partial charge in [-0.3, -0.25) is 19.5 Å². The molecule has 4 amide bonds. The first-order valence-electron chi connectivity index (χ1n) is 10.4. The van der Waals surface area contributed by atoms with Crippen molar-refractivity contribution < 1.29 is 14.4 Å². The van der Waals surface area contributed by atoms with Gasteiger partial charge in [-0.05, 0) is 43.9 Å². The van der Waals surface area contributed by atoms with Crippen LogP contribution in [0.2, 0.25) is 0 Å². The Kier molecular flexibility index (Phi) is 6.26. The molecule has 2 saturated heterocycles. The lowest BCUT2D eigenvalue weighted by Gasteiger charge is -2.23. The molecule has 2 aliphatic rings. The number of aryl methyl sites for hydroxylation is 2. The normalized spacial score (nSPS) is 18.8. The lowest BCUT2D eigenvalue weighted by atomic mass is 10.1. The van der Waals surface area contributed by atoms with Crippen molar-refractivity contribution in [2.24, 2.45) is 0 Å². The Morgan fingerprint density at radius 1 is 1.19 bits per heavy atom. The van der Waals surface area contributed by atoms with Gasteiger partial charge in [0.2, 0.25) is 11.8 Å². The summed E-state index contributed by atoms with van der Waals surface area (Å²) in [6, 6.07) is 5.27. The Morgan fingerprint density at radius 3 is 2.71 bits per heavy atom. The van der Waals surface area contributed by atoms with Crippen LogP contribution < -0.4 is 10.6 Å². The number of imide groups is 1. The smallest absolute Gasteiger partial charge is 0.321 e. The van der Waals surface area contributed by atoms with Crippen LogP contribution in [0.5, 0.6) is 0 Å². The second-order valence-corrected chi connectivity index (χ2v) is 8.97. The van der Waals surface area contributed by atoms with Crippen LogP contribution in [-0.2, 0) is 16.0 Å². The van der Waals surface area contributed by atoms with Gasteiger partial charge in [0.15, 0.2) is 5.16 Å². The van der Waals surface area contributed by atoms with E-state index in [9.17, 15) is 14.4 Å². The topological polar surface area (TPSA) is 109 Å². The fraction of sp³-hybridized carbons (Fsp3) is 0.476. The third-order valence-electron chi connectivity index (χ3n) is 5.54. The highest BCUT2D eigenvalue weighted by molar-refractivity contribution is 7.99. The molecule has 31 heavy (non-hydrogen) atoms. The first-order valence-corrected chi connectivity index (χ1v) is 11.4. The van der Waals surface area contributed by atoms with Crippen LogP contribution in [0.3, 0.4) is 0 Å². The van der Waals surface area contributed by atoms with Gasteiger partial charge in [-0.25, -0.2) is 4.79 Å². The molecular weight excluding hydrogens is 416 g/mol. The number of rotatable bonds is 6. The van der Waals surface area contributed by atoms with E-state index in [1.807, 2.05) is 35.4 Å². The Hall–Kier alpha value is -2.88. The lowest BCUT2D eigenvalue weighted by Crippen LogP contribution is -2.53. The number of thioether (sulfide) groups is 1. The van der Waals surface area contributed by atoms with Crippen LogP contribution in [0.25, 0.3) is 5.69 Å². The molecule has 4 rings (SSSR count). The molecule has 3 heterocycles. The van der Waals surface area contributed by atoms with E-state index in [1.54, 1.807) is 0 Å². The quantitative estimate of drug-likeness (QED) is 0.660. The van der Waals surface area contributed by atoms with Crippen molar-refractivity contribution >= 4 is 29.6 Å². The predicted molar refractivity (Wildman–Crippen MR) is 116 cm³/mol. The zero-order valence-electron chi connectivity index (χ0n) is 17.7. The molecule has 2 aliphatic heterocycles. The fourth-order valence-electron chi connectivity index (χ4n) is 3.93. The van der Waals surface area contributed by atoms with Crippen molar-refractivity contribution in [3.8, 4) is 5.69 Å². The van der Waals surface area contributed by atoms with Crippen LogP contribution in [-0.4, -0.2) is 62.4 Å².